The van der Waals surface area contributed by atoms with Crippen LogP contribution in [0.5, 0.6) is 0 Å². The lowest BCUT2D eigenvalue weighted by molar-refractivity contribution is -0.141. The number of methoxy groups -OCH3 is 1. The largest absolute Gasteiger partial charge is 0.469 e. The Labute approximate surface area is 198 Å². The molecule has 0 saturated carbocycles. The third-order valence-electron chi connectivity index (χ3n) is 6.17. The molecule has 0 bridgehead atoms. The third-order valence-corrected chi connectivity index (χ3v) is 7.47. The molecule has 0 radical (unpaired) electrons. The quantitative estimate of drug-likeness (QED) is 0.122. The van der Waals surface area contributed by atoms with Crippen LogP contribution in [0.2, 0.25) is 0 Å². The highest BCUT2D eigenvalue weighted by atomic mass is 32.2. The van der Waals surface area contributed by atoms with Crippen molar-refractivity contribution in [2.45, 2.75) is 88.2 Å². The summed E-state index contributed by atoms with van der Waals surface area (Å²) in [6.07, 6.45) is 12.4. The SMILES string of the molecule is CCCCC/C(C)=C/C(Sc1ccccc1)C1COC(=O)C1CCCCCCC(=O)OC. The van der Waals surface area contributed by atoms with Gasteiger partial charge >= 0.3 is 11.9 Å². The summed E-state index contributed by atoms with van der Waals surface area (Å²) in [6, 6.07) is 10.5. The predicted octanol–water partition coefficient (Wildman–Crippen LogP) is 6.98. The molecule has 3 unspecified atom stereocenters. The first-order chi connectivity index (χ1) is 15.5. The highest BCUT2D eigenvalue weighted by molar-refractivity contribution is 8.00. The van der Waals surface area contributed by atoms with E-state index in [4.69, 9.17) is 9.47 Å². The molecule has 0 spiro atoms. The molecule has 4 nitrogen and oxygen atoms in total. The Hall–Kier alpha value is -1.75. The van der Waals surface area contributed by atoms with Crippen molar-refractivity contribution < 1.29 is 19.1 Å². The first kappa shape index (κ1) is 26.5. The highest BCUT2D eigenvalue weighted by Crippen LogP contribution is 2.39. The summed E-state index contributed by atoms with van der Waals surface area (Å²) in [4.78, 5) is 25.0. The van der Waals surface area contributed by atoms with Gasteiger partial charge in [-0.3, -0.25) is 9.59 Å². The Bertz CT molecular complexity index is 716. The molecule has 1 aromatic rings. The molecule has 1 aliphatic rings. The van der Waals surface area contributed by atoms with E-state index in [1.54, 1.807) is 0 Å². The van der Waals surface area contributed by atoms with Crippen molar-refractivity contribution >= 4 is 23.7 Å². The monoisotopic (exact) mass is 460 g/mol. The first-order valence-corrected chi connectivity index (χ1v) is 13.1. The molecule has 178 valence electrons. The third kappa shape index (κ3) is 9.40. The zero-order valence-corrected chi connectivity index (χ0v) is 20.8. The standard InChI is InChI=1S/C27H40O4S/c1-4-5-9-14-21(2)19-25(32-22-15-10-8-11-16-22)24-20-31-27(29)23(24)17-12-6-7-13-18-26(28)30-3/h8,10-11,15-16,19,23-25H,4-7,9,12-14,17-18,20H2,1-3H3/b21-19+. The second-order valence-electron chi connectivity index (χ2n) is 8.80. The number of carbonyl (C=O) groups is 2. The van der Waals surface area contributed by atoms with E-state index in [2.05, 4.69) is 44.2 Å². The van der Waals surface area contributed by atoms with Gasteiger partial charge in [-0.05, 0) is 44.7 Å². The van der Waals surface area contributed by atoms with Gasteiger partial charge in [0.25, 0.3) is 0 Å². The zero-order valence-electron chi connectivity index (χ0n) is 20.0. The molecule has 5 heteroatoms. The minimum absolute atomic E-state index is 0.0414. The van der Waals surface area contributed by atoms with Gasteiger partial charge < -0.3 is 9.47 Å². The molecule has 0 aromatic heterocycles. The molecule has 1 saturated heterocycles. The summed E-state index contributed by atoms with van der Waals surface area (Å²) in [5.41, 5.74) is 1.41. The number of ether oxygens (including phenoxy) is 2. The van der Waals surface area contributed by atoms with Gasteiger partial charge in [-0.1, -0.05) is 68.9 Å². The van der Waals surface area contributed by atoms with Crippen LogP contribution in [0.15, 0.2) is 46.9 Å². The maximum atomic E-state index is 12.6. The molecular weight excluding hydrogens is 420 g/mol. The van der Waals surface area contributed by atoms with Gasteiger partial charge in [-0.25, -0.2) is 0 Å². The van der Waals surface area contributed by atoms with Crippen LogP contribution in [0.3, 0.4) is 0 Å². The van der Waals surface area contributed by atoms with Crippen molar-refractivity contribution in [3.8, 4) is 0 Å². The Morgan fingerprint density at radius 3 is 2.56 bits per heavy atom. The number of allylic oxidation sites excluding steroid dienone is 1. The average molecular weight is 461 g/mol. The van der Waals surface area contributed by atoms with Crippen LogP contribution in [0.4, 0.5) is 0 Å². The Morgan fingerprint density at radius 2 is 1.84 bits per heavy atom. The normalized spacial score (nSPS) is 19.6. The van der Waals surface area contributed by atoms with E-state index in [-0.39, 0.29) is 29.0 Å². The molecule has 3 atom stereocenters. The van der Waals surface area contributed by atoms with Gasteiger partial charge in [0.2, 0.25) is 0 Å². The van der Waals surface area contributed by atoms with Crippen LogP contribution in [-0.4, -0.2) is 30.9 Å². The Kier molecular flexibility index (Phi) is 12.5. The number of thioether (sulfide) groups is 1. The Balaban J connectivity index is 1.99. The lowest BCUT2D eigenvalue weighted by atomic mass is 9.86. The number of hydrogen-bond donors (Lipinski definition) is 0. The van der Waals surface area contributed by atoms with E-state index >= 15 is 0 Å². The van der Waals surface area contributed by atoms with E-state index in [0.29, 0.717) is 13.0 Å². The topological polar surface area (TPSA) is 52.6 Å². The van der Waals surface area contributed by atoms with Gasteiger partial charge in [0.15, 0.2) is 0 Å². The summed E-state index contributed by atoms with van der Waals surface area (Å²) in [5.74, 6) is -0.0352. The van der Waals surface area contributed by atoms with E-state index in [9.17, 15) is 9.59 Å². The molecule has 2 rings (SSSR count). The summed E-state index contributed by atoms with van der Waals surface area (Å²) in [7, 11) is 1.43. The van der Waals surface area contributed by atoms with E-state index in [0.717, 1.165) is 38.5 Å². The van der Waals surface area contributed by atoms with E-state index in [1.165, 1.54) is 36.8 Å². The van der Waals surface area contributed by atoms with Gasteiger partial charge in [0.05, 0.1) is 19.6 Å². The van der Waals surface area contributed by atoms with E-state index in [1.807, 2.05) is 17.8 Å². The predicted molar refractivity (Wildman–Crippen MR) is 132 cm³/mol. The number of unbranched alkanes of at least 4 members (excludes halogenated alkanes) is 5. The van der Waals surface area contributed by atoms with Crippen molar-refractivity contribution in [3.05, 3.63) is 42.0 Å². The number of esters is 2. The van der Waals surface area contributed by atoms with Gasteiger partial charge in [-0.15, -0.1) is 11.8 Å². The first-order valence-electron chi connectivity index (χ1n) is 12.2. The van der Waals surface area contributed by atoms with Crippen LogP contribution < -0.4 is 0 Å². The number of carbonyl (C=O) groups excluding carboxylic acids is 2. The maximum absolute atomic E-state index is 12.6. The zero-order chi connectivity index (χ0) is 23.2. The van der Waals surface area contributed by atoms with Crippen molar-refractivity contribution in [1.29, 1.82) is 0 Å². The molecule has 1 aromatic carbocycles. The average Bonchev–Trinajstić information content (AvgIpc) is 3.16. The van der Waals surface area contributed by atoms with Crippen LogP contribution in [0.1, 0.15) is 78.1 Å². The molecule has 0 N–H and O–H groups in total. The van der Waals surface area contributed by atoms with Crippen molar-refractivity contribution in [3.63, 3.8) is 0 Å². The van der Waals surface area contributed by atoms with Crippen LogP contribution in [0.25, 0.3) is 0 Å². The number of hydrogen-bond acceptors (Lipinski definition) is 5. The van der Waals surface area contributed by atoms with Crippen molar-refractivity contribution in [1.82, 2.24) is 0 Å². The fourth-order valence-electron chi connectivity index (χ4n) is 4.24. The molecular formula is C27H40O4S. The molecule has 1 heterocycles. The molecule has 0 aliphatic carbocycles. The van der Waals surface area contributed by atoms with Crippen LogP contribution in [-0.2, 0) is 19.1 Å². The van der Waals surface area contributed by atoms with Crippen molar-refractivity contribution in [2.24, 2.45) is 11.8 Å². The highest BCUT2D eigenvalue weighted by Gasteiger charge is 2.40. The lowest BCUT2D eigenvalue weighted by Gasteiger charge is -2.24. The lowest BCUT2D eigenvalue weighted by Crippen LogP contribution is -2.25. The fraction of sp³-hybridized carbons (Fsp3) is 0.630. The van der Waals surface area contributed by atoms with E-state index < -0.39 is 0 Å². The van der Waals surface area contributed by atoms with Crippen LogP contribution >= 0.6 is 11.8 Å². The number of rotatable bonds is 15. The van der Waals surface area contributed by atoms with Crippen molar-refractivity contribution in [2.75, 3.05) is 13.7 Å². The summed E-state index contributed by atoms with van der Waals surface area (Å²) < 4.78 is 10.3. The minimum atomic E-state index is -0.147. The summed E-state index contributed by atoms with van der Waals surface area (Å²) in [5, 5.41) is 0.231. The smallest absolute Gasteiger partial charge is 0.309 e. The molecule has 0 amide bonds. The minimum Gasteiger partial charge on any atom is -0.469 e. The molecule has 1 fully saturated rings. The second-order valence-corrected chi connectivity index (χ2v) is 10.0. The summed E-state index contributed by atoms with van der Waals surface area (Å²) >= 11 is 1.85. The Morgan fingerprint density at radius 1 is 1.12 bits per heavy atom. The van der Waals surface area contributed by atoms with Gasteiger partial charge in [0, 0.05) is 22.5 Å². The molecule has 1 aliphatic heterocycles. The molecule has 32 heavy (non-hydrogen) atoms. The maximum Gasteiger partial charge on any atom is 0.309 e. The fourth-order valence-corrected chi connectivity index (χ4v) is 5.61. The van der Waals surface area contributed by atoms with Gasteiger partial charge in [0.1, 0.15) is 0 Å². The number of benzene rings is 1. The second kappa shape index (κ2) is 15.2. The van der Waals surface area contributed by atoms with Crippen LogP contribution in [0, 0.1) is 11.8 Å². The summed E-state index contributed by atoms with van der Waals surface area (Å²) in [6.45, 7) is 4.96. The van der Waals surface area contributed by atoms with Gasteiger partial charge in [-0.2, -0.15) is 0 Å². The number of cyclic esters (lactones) is 1.